The van der Waals surface area contributed by atoms with E-state index >= 15 is 0 Å². The van der Waals surface area contributed by atoms with Crippen LogP contribution < -0.4 is 10.6 Å². The van der Waals surface area contributed by atoms with Gasteiger partial charge in [-0.15, -0.1) is 12.4 Å². The van der Waals surface area contributed by atoms with Crippen LogP contribution in [0.5, 0.6) is 0 Å². The van der Waals surface area contributed by atoms with Crippen LogP contribution in [0.1, 0.15) is 37.7 Å². The lowest BCUT2D eigenvalue weighted by Crippen LogP contribution is -2.39. The van der Waals surface area contributed by atoms with Crippen LogP contribution in [0.15, 0.2) is 35.1 Å². The van der Waals surface area contributed by atoms with Gasteiger partial charge in [0, 0.05) is 17.3 Å². The predicted octanol–water partition coefficient (Wildman–Crippen LogP) is 3.93. The molecule has 2 aliphatic rings. The number of nitrogens with zero attached hydrogens (tertiary/aromatic N) is 1. The summed E-state index contributed by atoms with van der Waals surface area (Å²) in [6, 6.07) is 6.29. The zero-order valence-electron chi connectivity index (χ0n) is 14.3. The topological polar surface area (TPSA) is 67.2 Å². The van der Waals surface area contributed by atoms with Gasteiger partial charge in [0.05, 0.1) is 12.2 Å². The van der Waals surface area contributed by atoms with Crippen LogP contribution in [0.25, 0.3) is 11.5 Å². The standard InChI is InChI=1S/C19H23N3O2.ClH/c1-12-6-7-14(11-15(12)19-20-8-9-24-19)21-18(23)17-10-13-4-2-3-5-16(13)22-17;/h6-9,11,13,16-17,22H,2-5,10H2,1H3,(H,21,23);1H. The number of carbonyl (C=O) groups excluding carboxylic acids is 1. The Morgan fingerprint density at radius 1 is 1.32 bits per heavy atom. The Morgan fingerprint density at radius 2 is 2.16 bits per heavy atom. The van der Waals surface area contributed by atoms with E-state index in [0.717, 1.165) is 23.2 Å². The zero-order valence-corrected chi connectivity index (χ0v) is 15.1. The first-order valence-corrected chi connectivity index (χ1v) is 8.78. The number of hydrogen-bond donors (Lipinski definition) is 2. The Bertz CT molecular complexity index is 718. The van der Waals surface area contributed by atoms with Crippen molar-refractivity contribution in [3.05, 3.63) is 36.2 Å². The van der Waals surface area contributed by atoms with Crippen molar-refractivity contribution in [2.45, 2.75) is 51.1 Å². The van der Waals surface area contributed by atoms with Gasteiger partial charge in [0.25, 0.3) is 0 Å². The van der Waals surface area contributed by atoms with E-state index in [4.69, 9.17) is 4.42 Å². The third-order valence-electron chi connectivity index (χ3n) is 5.35. The Hall–Kier alpha value is -1.85. The minimum atomic E-state index is -0.0791. The number of hydrogen-bond acceptors (Lipinski definition) is 4. The number of carbonyl (C=O) groups is 1. The minimum Gasteiger partial charge on any atom is -0.445 e. The molecule has 1 saturated carbocycles. The molecule has 6 heteroatoms. The van der Waals surface area contributed by atoms with E-state index in [-0.39, 0.29) is 24.4 Å². The molecule has 1 aromatic carbocycles. The van der Waals surface area contributed by atoms with Crippen molar-refractivity contribution in [1.29, 1.82) is 0 Å². The highest BCUT2D eigenvalue weighted by atomic mass is 35.5. The molecule has 3 unspecified atom stereocenters. The van der Waals surface area contributed by atoms with Crippen molar-refractivity contribution in [3.8, 4) is 11.5 Å². The molecule has 2 fully saturated rings. The highest BCUT2D eigenvalue weighted by Gasteiger charge is 2.38. The number of anilines is 1. The molecule has 3 atom stereocenters. The first-order valence-electron chi connectivity index (χ1n) is 8.78. The molecule has 2 aromatic rings. The number of aromatic nitrogens is 1. The number of rotatable bonds is 3. The number of benzene rings is 1. The lowest BCUT2D eigenvalue weighted by molar-refractivity contribution is -0.117. The number of amides is 1. The molecule has 4 rings (SSSR count). The second-order valence-corrected chi connectivity index (χ2v) is 6.96. The molecule has 0 spiro atoms. The van der Waals surface area contributed by atoms with E-state index < -0.39 is 0 Å². The monoisotopic (exact) mass is 361 g/mol. The number of nitrogens with one attached hydrogen (secondary N) is 2. The molecule has 5 nitrogen and oxygen atoms in total. The maximum Gasteiger partial charge on any atom is 0.241 e. The van der Waals surface area contributed by atoms with Gasteiger partial charge >= 0.3 is 0 Å². The molecule has 1 aromatic heterocycles. The zero-order chi connectivity index (χ0) is 16.5. The fourth-order valence-electron chi connectivity index (χ4n) is 4.04. The average molecular weight is 362 g/mol. The quantitative estimate of drug-likeness (QED) is 0.869. The van der Waals surface area contributed by atoms with E-state index in [9.17, 15) is 4.79 Å². The Labute approximate surface area is 154 Å². The summed E-state index contributed by atoms with van der Waals surface area (Å²) in [6.45, 7) is 2.01. The number of fused-ring (bicyclic) bond motifs is 1. The van der Waals surface area contributed by atoms with E-state index in [2.05, 4.69) is 15.6 Å². The third-order valence-corrected chi connectivity index (χ3v) is 5.35. The smallest absolute Gasteiger partial charge is 0.241 e. The fraction of sp³-hybridized carbons (Fsp3) is 0.474. The molecule has 0 radical (unpaired) electrons. The normalized spacial score (nSPS) is 25.1. The van der Waals surface area contributed by atoms with Crippen LogP contribution in [0, 0.1) is 12.8 Å². The number of oxazole rings is 1. The Morgan fingerprint density at radius 3 is 2.92 bits per heavy atom. The van der Waals surface area contributed by atoms with Crippen molar-refractivity contribution in [2.75, 3.05) is 5.32 Å². The van der Waals surface area contributed by atoms with E-state index in [1.54, 1.807) is 12.5 Å². The second kappa shape index (κ2) is 7.58. The molecular weight excluding hydrogens is 338 g/mol. The van der Waals surface area contributed by atoms with Gasteiger partial charge in [-0.05, 0) is 49.8 Å². The predicted molar refractivity (Wildman–Crippen MR) is 99.8 cm³/mol. The summed E-state index contributed by atoms with van der Waals surface area (Å²) in [5, 5.41) is 6.58. The van der Waals surface area contributed by atoms with Crippen LogP contribution >= 0.6 is 12.4 Å². The van der Waals surface area contributed by atoms with Crippen molar-refractivity contribution in [2.24, 2.45) is 5.92 Å². The highest BCUT2D eigenvalue weighted by Crippen LogP contribution is 2.33. The Kier molecular flexibility index (Phi) is 5.45. The summed E-state index contributed by atoms with van der Waals surface area (Å²) < 4.78 is 5.39. The largest absolute Gasteiger partial charge is 0.445 e. The molecule has 1 amide bonds. The molecular formula is C19H24ClN3O2. The molecule has 134 valence electrons. The number of halogens is 1. The summed E-state index contributed by atoms with van der Waals surface area (Å²) in [4.78, 5) is 16.8. The first-order chi connectivity index (χ1) is 11.7. The van der Waals surface area contributed by atoms with Gasteiger partial charge in [0.1, 0.15) is 6.26 Å². The fourth-order valence-corrected chi connectivity index (χ4v) is 4.04. The van der Waals surface area contributed by atoms with Gasteiger partial charge in [0.15, 0.2) is 0 Å². The second-order valence-electron chi connectivity index (χ2n) is 6.96. The lowest BCUT2D eigenvalue weighted by atomic mass is 9.85. The van der Waals surface area contributed by atoms with Crippen molar-refractivity contribution in [3.63, 3.8) is 0 Å². The van der Waals surface area contributed by atoms with Crippen LogP contribution in [0.2, 0.25) is 0 Å². The summed E-state index contributed by atoms with van der Waals surface area (Å²) in [5.74, 6) is 1.30. The third kappa shape index (κ3) is 3.72. The maximum atomic E-state index is 12.6. The first kappa shape index (κ1) is 18.0. The van der Waals surface area contributed by atoms with E-state index in [1.807, 2.05) is 25.1 Å². The van der Waals surface area contributed by atoms with Crippen molar-refractivity contribution < 1.29 is 9.21 Å². The molecule has 25 heavy (non-hydrogen) atoms. The van der Waals surface area contributed by atoms with Crippen LogP contribution in [-0.4, -0.2) is 23.0 Å². The van der Waals surface area contributed by atoms with Gasteiger partial charge in [-0.25, -0.2) is 4.98 Å². The summed E-state index contributed by atoms with van der Waals surface area (Å²) in [5.41, 5.74) is 2.77. The average Bonchev–Trinajstić information content (AvgIpc) is 3.25. The SMILES string of the molecule is Cc1ccc(NC(=O)C2CC3CCCCC3N2)cc1-c1ncco1.Cl. The van der Waals surface area contributed by atoms with E-state index in [1.165, 1.54) is 25.7 Å². The lowest BCUT2D eigenvalue weighted by Gasteiger charge is -2.24. The van der Waals surface area contributed by atoms with Gasteiger partial charge < -0.3 is 15.1 Å². The van der Waals surface area contributed by atoms with Crippen molar-refractivity contribution >= 4 is 24.0 Å². The van der Waals surface area contributed by atoms with Crippen LogP contribution in [-0.2, 0) is 4.79 Å². The van der Waals surface area contributed by atoms with Gasteiger partial charge in [0.2, 0.25) is 11.8 Å². The highest BCUT2D eigenvalue weighted by molar-refractivity contribution is 5.95. The summed E-state index contributed by atoms with van der Waals surface area (Å²) in [6.07, 6.45) is 9.17. The van der Waals surface area contributed by atoms with E-state index in [0.29, 0.717) is 17.9 Å². The molecule has 2 heterocycles. The maximum absolute atomic E-state index is 12.6. The molecule has 1 aliphatic carbocycles. The molecule has 0 bridgehead atoms. The minimum absolute atomic E-state index is 0. The van der Waals surface area contributed by atoms with Gasteiger partial charge in [-0.3, -0.25) is 4.79 Å². The van der Waals surface area contributed by atoms with Gasteiger partial charge in [-0.1, -0.05) is 18.9 Å². The number of aryl methyl sites for hydroxylation is 1. The summed E-state index contributed by atoms with van der Waals surface area (Å²) in [7, 11) is 0. The molecule has 2 N–H and O–H groups in total. The van der Waals surface area contributed by atoms with Crippen LogP contribution in [0.3, 0.4) is 0 Å². The van der Waals surface area contributed by atoms with Crippen molar-refractivity contribution in [1.82, 2.24) is 10.3 Å². The molecule has 1 aliphatic heterocycles. The molecule has 1 saturated heterocycles. The summed E-state index contributed by atoms with van der Waals surface area (Å²) >= 11 is 0. The van der Waals surface area contributed by atoms with Crippen LogP contribution in [0.4, 0.5) is 5.69 Å². The van der Waals surface area contributed by atoms with Gasteiger partial charge in [-0.2, -0.15) is 0 Å². The Balaban J connectivity index is 0.00000182.